The van der Waals surface area contributed by atoms with Crippen LogP contribution < -0.4 is 5.32 Å². The highest BCUT2D eigenvalue weighted by Crippen LogP contribution is 2.23. The topological polar surface area (TPSA) is 57.6 Å². The van der Waals surface area contributed by atoms with E-state index in [9.17, 15) is 4.79 Å². The lowest BCUT2D eigenvalue weighted by Gasteiger charge is -2.22. The summed E-state index contributed by atoms with van der Waals surface area (Å²) in [6, 6.07) is 9.96. The number of carbonyl (C=O) groups excluding carboxylic acids is 1. The van der Waals surface area contributed by atoms with E-state index in [-0.39, 0.29) is 18.5 Å². The third kappa shape index (κ3) is 4.24. The first kappa shape index (κ1) is 17.1. The van der Waals surface area contributed by atoms with Crippen LogP contribution in [0.2, 0.25) is 0 Å². The number of hydrazone groups is 1. The molecule has 1 aliphatic heterocycles. The minimum atomic E-state index is -0.215. The molecule has 1 aromatic carbocycles. The van der Waals surface area contributed by atoms with Crippen molar-refractivity contribution in [3.8, 4) is 0 Å². The summed E-state index contributed by atoms with van der Waals surface area (Å²) in [5.41, 5.74) is 5.55. The first-order valence-corrected chi connectivity index (χ1v) is 8.58. The lowest BCUT2D eigenvalue weighted by molar-refractivity contribution is -0.122. The number of amides is 1. The first-order chi connectivity index (χ1) is 12.0. The van der Waals surface area contributed by atoms with Crippen LogP contribution in [-0.4, -0.2) is 34.7 Å². The number of rotatable bonds is 5. The zero-order valence-corrected chi connectivity index (χ0v) is 15.0. The summed E-state index contributed by atoms with van der Waals surface area (Å²) in [7, 11) is 0. The van der Waals surface area contributed by atoms with Gasteiger partial charge in [-0.05, 0) is 49.1 Å². The number of nitrogens with one attached hydrogen (secondary N) is 1. The van der Waals surface area contributed by atoms with Crippen LogP contribution in [0.1, 0.15) is 41.6 Å². The van der Waals surface area contributed by atoms with Gasteiger partial charge in [0.05, 0.1) is 6.04 Å². The quantitative estimate of drug-likeness (QED) is 0.913. The van der Waals surface area contributed by atoms with Gasteiger partial charge in [0, 0.05) is 31.1 Å². The summed E-state index contributed by atoms with van der Waals surface area (Å²) >= 11 is 0. The van der Waals surface area contributed by atoms with Gasteiger partial charge in [-0.3, -0.25) is 14.8 Å². The summed E-state index contributed by atoms with van der Waals surface area (Å²) in [6.07, 6.45) is 4.47. The van der Waals surface area contributed by atoms with Crippen LogP contribution in [0.5, 0.6) is 0 Å². The predicted molar refractivity (Wildman–Crippen MR) is 99.4 cm³/mol. The minimum absolute atomic E-state index is 0.0365. The van der Waals surface area contributed by atoms with Crippen molar-refractivity contribution in [3.05, 3.63) is 65.0 Å². The first-order valence-electron chi connectivity index (χ1n) is 8.58. The van der Waals surface area contributed by atoms with Crippen molar-refractivity contribution < 1.29 is 4.79 Å². The van der Waals surface area contributed by atoms with Crippen molar-refractivity contribution in [1.82, 2.24) is 15.3 Å². The molecule has 0 unspecified atom stereocenters. The number of nitrogens with zero attached hydrogens (tertiary/aromatic N) is 3. The fourth-order valence-corrected chi connectivity index (χ4v) is 2.97. The van der Waals surface area contributed by atoms with E-state index in [4.69, 9.17) is 0 Å². The molecule has 1 amide bonds. The Labute approximate surface area is 148 Å². The Morgan fingerprint density at radius 1 is 1.20 bits per heavy atom. The van der Waals surface area contributed by atoms with E-state index < -0.39 is 0 Å². The van der Waals surface area contributed by atoms with Gasteiger partial charge < -0.3 is 5.32 Å². The average Bonchev–Trinajstić information content (AvgIpc) is 3.01. The van der Waals surface area contributed by atoms with E-state index in [1.54, 1.807) is 12.4 Å². The van der Waals surface area contributed by atoms with Gasteiger partial charge in [0.25, 0.3) is 0 Å². The van der Waals surface area contributed by atoms with Crippen LogP contribution >= 0.6 is 0 Å². The molecule has 0 bridgehead atoms. The van der Waals surface area contributed by atoms with Crippen LogP contribution in [0.3, 0.4) is 0 Å². The largest absolute Gasteiger partial charge is 0.344 e. The van der Waals surface area contributed by atoms with E-state index in [2.05, 4.69) is 47.4 Å². The Morgan fingerprint density at radius 2 is 2.04 bits per heavy atom. The fourth-order valence-electron chi connectivity index (χ4n) is 2.97. The monoisotopic (exact) mass is 336 g/mol. The zero-order valence-electron chi connectivity index (χ0n) is 15.0. The Kier molecular flexibility index (Phi) is 5.12. The molecule has 1 aliphatic rings. The second-order valence-corrected chi connectivity index (χ2v) is 6.60. The summed E-state index contributed by atoms with van der Waals surface area (Å²) in [5.74, 6) is -0.0365. The van der Waals surface area contributed by atoms with Gasteiger partial charge in [-0.25, -0.2) is 0 Å². The Bertz CT molecular complexity index is 786. The lowest BCUT2D eigenvalue weighted by Crippen LogP contribution is -2.36. The molecule has 130 valence electrons. The molecule has 0 saturated heterocycles. The van der Waals surface area contributed by atoms with Crippen LogP contribution in [0, 0.1) is 13.8 Å². The van der Waals surface area contributed by atoms with E-state index >= 15 is 0 Å². The van der Waals surface area contributed by atoms with Gasteiger partial charge >= 0.3 is 0 Å². The zero-order chi connectivity index (χ0) is 17.8. The van der Waals surface area contributed by atoms with Crippen LogP contribution in [0.4, 0.5) is 0 Å². The average molecular weight is 336 g/mol. The van der Waals surface area contributed by atoms with Crippen LogP contribution in [-0.2, 0) is 4.79 Å². The number of hydrogen-bond donors (Lipinski definition) is 1. The Morgan fingerprint density at radius 3 is 2.68 bits per heavy atom. The summed E-state index contributed by atoms with van der Waals surface area (Å²) in [6.45, 7) is 7.25. The molecule has 0 aliphatic carbocycles. The number of pyridine rings is 1. The van der Waals surface area contributed by atoms with E-state index in [0.717, 1.165) is 29.8 Å². The van der Waals surface area contributed by atoms with Crippen molar-refractivity contribution >= 4 is 11.6 Å². The molecule has 25 heavy (non-hydrogen) atoms. The lowest BCUT2D eigenvalue weighted by atomic mass is 9.96. The number of carbonyl (C=O) groups is 1. The molecule has 1 aromatic heterocycles. The second-order valence-electron chi connectivity index (χ2n) is 6.60. The molecule has 0 spiro atoms. The molecule has 1 N–H and O–H groups in total. The molecule has 5 heteroatoms. The summed E-state index contributed by atoms with van der Waals surface area (Å²) < 4.78 is 0. The molecule has 5 nitrogen and oxygen atoms in total. The molecule has 2 aromatic rings. The molecule has 0 saturated carbocycles. The normalized spacial score (nSPS) is 15.0. The van der Waals surface area contributed by atoms with Crippen molar-refractivity contribution in [3.63, 3.8) is 0 Å². The molecular formula is C20H24N4O. The van der Waals surface area contributed by atoms with Gasteiger partial charge in [0.2, 0.25) is 5.91 Å². The molecule has 0 fully saturated rings. The Hall–Kier alpha value is -2.69. The van der Waals surface area contributed by atoms with E-state index in [1.165, 1.54) is 11.1 Å². The third-order valence-corrected chi connectivity index (χ3v) is 4.56. The van der Waals surface area contributed by atoms with E-state index in [1.807, 2.05) is 24.1 Å². The van der Waals surface area contributed by atoms with Crippen molar-refractivity contribution in [2.75, 3.05) is 13.1 Å². The number of hydrogen-bond acceptors (Lipinski definition) is 4. The maximum Gasteiger partial charge on any atom is 0.242 e. The van der Waals surface area contributed by atoms with Crippen molar-refractivity contribution in [2.45, 2.75) is 33.2 Å². The van der Waals surface area contributed by atoms with Crippen molar-refractivity contribution in [2.24, 2.45) is 5.10 Å². The van der Waals surface area contributed by atoms with E-state index in [0.29, 0.717) is 0 Å². The molecular weight excluding hydrogens is 312 g/mol. The van der Waals surface area contributed by atoms with Gasteiger partial charge in [-0.1, -0.05) is 24.3 Å². The number of benzene rings is 1. The Balaban J connectivity index is 1.81. The van der Waals surface area contributed by atoms with Gasteiger partial charge in [-0.2, -0.15) is 5.10 Å². The SMILES string of the molecule is CC1=NN(CC(=O)N[C@H](c2cccnc2)c2ccc(C)c(C)c2)CC1. The third-order valence-electron chi connectivity index (χ3n) is 4.56. The number of aryl methyl sites for hydroxylation is 2. The summed E-state index contributed by atoms with van der Waals surface area (Å²) in [5, 5.41) is 9.36. The standard InChI is InChI=1S/C20H24N4O/c1-14-6-7-17(11-15(14)2)20(18-5-4-9-21-12-18)22-19(25)13-24-10-8-16(3)23-24/h4-7,9,11-12,20H,8,10,13H2,1-3H3,(H,22,25)/t20-/m0/s1. The molecule has 1 atom stereocenters. The second kappa shape index (κ2) is 7.47. The van der Waals surface area contributed by atoms with Gasteiger partial charge in [0.1, 0.15) is 6.54 Å². The highest BCUT2D eigenvalue weighted by molar-refractivity contribution is 5.84. The smallest absolute Gasteiger partial charge is 0.242 e. The molecule has 2 heterocycles. The van der Waals surface area contributed by atoms with Crippen LogP contribution in [0.25, 0.3) is 0 Å². The fraction of sp³-hybridized carbons (Fsp3) is 0.350. The van der Waals surface area contributed by atoms with Crippen LogP contribution in [0.15, 0.2) is 47.8 Å². The van der Waals surface area contributed by atoms with Gasteiger partial charge in [0.15, 0.2) is 0 Å². The maximum atomic E-state index is 12.6. The highest BCUT2D eigenvalue weighted by atomic mass is 16.2. The number of aromatic nitrogens is 1. The van der Waals surface area contributed by atoms with Crippen molar-refractivity contribution in [1.29, 1.82) is 0 Å². The molecule has 0 radical (unpaired) electrons. The predicted octanol–water partition coefficient (Wildman–Crippen LogP) is 2.99. The minimum Gasteiger partial charge on any atom is -0.344 e. The molecule has 3 rings (SSSR count). The summed E-state index contributed by atoms with van der Waals surface area (Å²) in [4.78, 5) is 16.8. The van der Waals surface area contributed by atoms with Gasteiger partial charge in [-0.15, -0.1) is 0 Å². The maximum absolute atomic E-state index is 12.6. The highest BCUT2D eigenvalue weighted by Gasteiger charge is 2.20.